The third-order valence-corrected chi connectivity index (χ3v) is 5.77. The van der Waals surface area contributed by atoms with E-state index in [-0.39, 0.29) is 5.91 Å². The highest BCUT2D eigenvalue weighted by atomic mass is 16.1. The van der Waals surface area contributed by atoms with E-state index < -0.39 is 0 Å². The Morgan fingerprint density at radius 2 is 1.81 bits per heavy atom. The molecule has 1 heterocycles. The van der Waals surface area contributed by atoms with Crippen molar-refractivity contribution in [2.45, 2.75) is 34.2 Å². The van der Waals surface area contributed by atoms with Crippen LogP contribution >= 0.6 is 0 Å². The maximum absolute atomic E-state index is 13.1. The summed E-state index contributed by atoms with van der Waals surface area (Å²) in [6, 6.07) is 13.5. The van der Waals surface area contributed by atoms with Gasteiger partial charge in [0.15, 0.2) is 0 Å². The lowest BCUT2D eigenvalue weighted by molar-refractivity contribution is 0.0977. The maximum atomic E-state index is 13.1. The van der Waals surface area contributed by atoms with Crippen LogP contribution in [0.25, 0.3) is 0 Å². The van der Waals surface area contributed by atoms with Crippen molar-refractivity contribution in [1.82, 2.24) is 15.1 Å². The van der Waals surface area contributed by atoms with E-state index in [1.54, 1.807) is 6.07 Å². The topological polar surface area (TPSA) is 74.5 Å². The molecule has 3 aromatic rings. The number of anilines is 2. The highest BCUT2D eigenvalue weighted by Gasteiger charge is 2.14. The van der Waals surface area contributed by atoms with E-state index in [4.69, 9.17) is 4.99 Å². The van der Waals surface area contributed by atoms with Gasteiger partial charge < -0.3 is 10.2 Å². The molecule has 0 unspecified atom stereocenters. The molecular weight excluding hydrogens is 400 g/mol. The standard InChI is InChI=1S/C25H32N6O/c1-16-10-8-13-23(17(16)2)27-25(26-15-22-18(3)29-31(7)19(22)4)28-24(32)20-11-9-12-21(14-20)30(5)6/h8-14H,15H2,1-7H3,(H2,26,27,28,32). The van der Waals surface area contributed by atoms with Gasteiger partial charge >= 0.3 is 0 Å². The Labute approximate surface area is 190 Å². The summed E-state index contributed by atoms with van der Waals surface area (Å²) in [7, 11) is 5.82. The average Bonchev–Trinajstić information content (AvgIpc) is 3.00. The van der Waals surface area contributed by atoms with Gasteiger partial charge in [0.2, 0.25) is 5.96 Å². The van der Waals surface area contributed by atoms with Gasteiger partial charge in [0, 0.05) is 49.3 Å². The van der Waals surface area contributed by atoms with Gasteiger partial charge in [-0.25, -0.2) is 4.99 Å². The lowest BCUT2D eigenvalue weighted by Gasteiger charge is -2.16. The molecule has 0 aliphatic heterocycles. The summed E-state index contributed by atoms with van der Waals surface area (Å²) < 4.78 is 1.85. The molecule has 3 rings (SSSR count). The fraction of sp³-hybridized carbons (Fsp3) is 0.320. The number of carbonyl (C=O) groups excluding carboxylic acids is 1. The first-order valence-electron chi connectivity index (χ1n) is 10.6. The van der Waals surface area contributed by atoms with Gasteiger partial charge in [0.05, 0.1) is 12.2 Å². The fourth-order valence-corrected chi connectivity index (χ4v) is 3.43. The molecule has 0 saturated carbocycles. The Bertz CT molecular complexity index is 1160. The van der Waals surface area contributed by atoms with E-state index >= 15 is 0 Å². The van der Waals surface area contributed by atoms with Crippen LogP contribution in [-0.4, -0.2) is 35.7 Å². The summed E-state index contributed by atoms with van der Waals surface area (Å²) in [4.78, 5) is 19.7. The molecule has 7 nitrogen and oxygen atoms in total. The molecule has 2 aromatic carbocycles. The van der Waals surface area contributed by atoms with E-state index in [1.807, 2.05) is 81.8 Å². The normalized spacial score (nSPS) is 11.4. The van der Waals surface area contributed by atoms with Gasteiger partial charge in [-0.15, -0.1) is 0 Å². The number of benzene rings is 2. The molecule has 32 heavy (non-hydrogen) atoms. The zero-order valence-electron chi connectivity index (χ0n) is 19.9. The van der Waals surface area contributed by atoms with Gasteiger partial charge in [-0.3, -0.25) is 14.8 Å². The molecule has 1 amide bonds. The van der Waals surface area contributed by atoms with Crippen molar-refractivity contribution in [2.75, 3.05) is 24.3 Å². The molecule has 168 valence electrons. The number of aryl methyl sites for hydroxylation is 3. The third kappa shape index (κ3) is 5.17. The Hall–Kier alpha value is -3.61. The number of aliphatic imine (C=N–C) groups is 1. The number of hydrogen-bond donors (Lipinski definition) is 2. The summed E-state index contributed by atoms with van der Waals surface area (Å²) in [5.74, 6) is 0.187. The van der Waals surface area contributed by atoms with Gasteiger partial charge in [-0.2, -0.15) is 5.10 Å². The minimum absolute atomic E-state index is 0.218. The Kier molecular flexibility index (Phi) is 6.98. The number of carbonyl (C=O) groups is 1. The van der Waals surface area contributed by atoms with Crippen LogP contribution < -0.4 is 15.5 Å². The molecule has 7 heteroatoms. The number of aromatic nitrogens is 2. The van der Waals surface area contributed by atoms with Gasteiger partial charge in [-0.1, -0.05) is 18.2 Å². The summed E-state index contributed by atoms with van der Waals surface area (Å²) in [6.07, 6.45) is 0. The van der Waals surface area contributed by atoms with E-state index in [0.29, 0.717) is 18.1 Å². The molecule has 0 fully saturated rings. The number of guanidine groups is 1. The van der Waals surface area contributed by atoms with Crippen LogP contribution in [0, 0.1) is 27.7 Å². The predicted octanol–water partition coefficient (Wildman–Crippen LogP) is 4.12. The highest BCUT2D eigenvalue weighted by Crippen LogP contribution is 2.19. The van der Waals surface area contributed by atoms with Gasteiger partial charge in [0.1, 0.15) is 0 Å². The van der Waals surface area contributed by atoms with Gasteiger partial charge in [-0.05, 0) is 63.1 Å². The minimum Gasteiger partial charge on any atom is -0.378 e. The highest BCUT2D eigenvalue weighted by molar-refractivity contribution is 6.10. The zero-order chi connectivity index (χ0) is 23.4. The van der Waals surface area contributed by atoms with Crippen LogP contribution in [0.5, 0.6) is 0 Å². The number of amides is 1. The van der Waals surface area contributed by atoms with Crippen LogP contribution in [0.3, 0.4) is 0 Å². The van der Waals surface area contributed by atoms with Crippen molar-refractivity contribution < 1.29 is 4.79 Å². The Morgan fingerprint density at radius 3 is 2.47 bits per heavy atom. The largest absolute Gasteiger partial charge is 0.378 e. The molecule has 0 saturated heterocycles. The molecule has 0 aliphatic rings. The van der Waals surface area contributed by atoms with Crippen molar-refractivity contribution in [3.63, 3.8) is 0 Å². The van der Waals surface area contributed by atoms with E-state index in [0.717, 1.165) is 33.9 Å². The lowest BCUT2D eigenvalue weighted by Crippen LogP contribution is -2.36. The van der Waals surface area contributed by atoms with E-state index in [1.165, 1.54) is 5.56 Å². The van der Waals surface area contributed by atoms with Crippen molar-refractivity contribution in [3.05, 3.63) is 76.1 Å². The first-order chi connectivity index (χ1) is 15.2. The van der Waals surface area contributed by atoms with E-state index in [2.05, 4.69) is 28.7 Å². The second kappa shape index (κ2) is 9.68. The fourth-order valence-electron chi connectivity index (χ4n) is 3.43. The lowest BCUT2D eigenvalue weighted by atomic mass is 10.1. The van der Waals surface area contributed by atoms with Crippen LogP contribution in [0.1, 0.15) is 38.4 Å². The number of nitrogens with one attached hydrogen (secondary N) is 2. The summed E-state index contributed by atoms with van der Waals surface area (Å²) >= 11 is 0. The third-order valence-electron chi connectivity index (χ3n) is 5.77. The predicted molar refractivity (Wildman–Crippen MR) is 132 cm³/mol. The molecular formula is C25H32N6O. The molecule has 0 bridgehead atoms. The molecule has 1 aromatic heterocycles. The summed E-state index contributed by atoms with van der Waals surface area (Å²) in [5, 5.41) is 10.8. The minimum atomic E-state index is -0.218. The Morgan fingerprint density at radius 1 is 1.09 bits per heavy atom. The quantitative estimate of drug-likeness (QED) is 0.470. The van der Waals surface area contributed by atoms with Crippen molar-refractivity contribution in [3.8, 4) is 0 Å². The molecule has 0 atom stereocenters. The van der Waals surface area contributed by atoms with Crippen molar-refractivity contribution in [2.24, 2.45) is 12.0 Å². The summed E-state index contributed by atoms with van der Waals surface area (Å²) in [6.45, 7) is 8.52. The Balaban J connectivity index is 1.91. The van der Waals surface area contributed by atoms with Crippen LogP contribution in [0.4, 0.5) is 11.4 Å². The SMILES string of the molecule is Cc1cccc(NC(=NCc2c(C)nn(C)c2C)NC(=O)c2cccc(N(C)C)c2)c1C. The monoisotopic (exact) mass is 432 g/mol. The summed E-state index contributed by atoms with van der Waals surface area (Å²) in [5.41, 5.74) is 7.76. The van der Waals surface area contributed by atoms with Crippen LogP contribution in [-0.2, 0) is 13.6 Å². The number of hydrogen-bond acceptors (Lipinski definition) is 4. The van der Waals surface area contributed by atoms with Crippen molar-refractivity contribution in [1.29, 1.82) is 0 Å². The number of rotatable bonds is 5. The van der Waals surface area contributed by atoms with E-state index in [9.17, 15) is 4.79 Å². The van der Waals surface area contributed by atoms with Crippen LogP contribution in [0.15, 0.2) is 47.5 Å². The molecule has 0 radical (unpaired) electrons. The smallest absolute Gasteiger partial charge is 0.258 e. The zero-order valence-corrected chi connectivity index (χ0v) is 19.9. The molecule has 0 aliphatic carbocycles. The van der Waals surface area contributed by atoms with Gasteiger partial charge in [0.25, 0.3) is 5.91 Å². The second-order valence-corrected chi connectivity index (χ2v) is 8.21. The van der Waals surface area contributed by atoms with Crippen molar-refractivity contribution >= 4 is 23.2 Å². The maximum Gasteiger partial charge on any atom is 0.258 e. The number of nitrogens with zero attached hydrogens (tertiary/aromatic N) is 4. The first-order valence-corrected chi connectivity index (χ1v) is 10.6. The molecule has 2 N–H and O–H groups in total. The van der Waals surface area contributed by atoms with Crippen LogP contribution in [0.2, 0.25) is 0 Å². The molecule has 0 spiro atoms. The second-order valence-electron chi connectivity index (χ2n) is 8.21. The average molecular weight is 433 g/mol. The first kappa shape index (κ1) is 23.1.